The molecule has 0 rings (SSSR count). The Kier molecular flexibility index (Phi) is 25.6. The van der Waals surface area contributed by atoms with Crippen molar-refractivity contribution in [1.82, 2.24) is 0 Å². The first-order chi connectivity index (χ1) is 2.00. The molecule has 0 heterocycles. The van der Waals surface area contributed by atoms with Crippen molar-refractivity contribution in [3.8, 4) is 0 Å². The van der Waals surface area contributed by atoms with Crippen molar-refractivity contribution in [2.24, 2.45) is 0 Å². The summed E-state index contributed by atoms with van der Waals surface area (Å²) in [6.45, 7) is 0. The van der Waals surface area contributed by atoms with Crippen LogP contribution in [0.5, 0.6) is 0 Å². The van der Waals surface area contributed by atoms with E-state index in [1.54, 1.807) is 0 Å². The molecule has 0 amide bonds. The van der Waals surface area contributed by atoms with Crippen LogP contribution >= 0.6 is 7.82 Å². The van der Waals surface area contributed by atoms with Crippen molar-refractivity contribution in [3.63, 3.8) is 0 Å². The van der Waals surface area contributed by atoms with Crippen molar-refractivity contribution in [3.05, 3.63) is 0 Å². The third-order valence-corrected chi connectivity index (χ3v) is 0. The number of phosphoric acid groups is 1. The molecular formula is H7BiFeLiO4P. The SMILES string of the molecule is O=P(O)(O)O.[BiH3].[Fe].[LiH]. The molecule has 0 unspecified atom stereocenters. The van der Waals surface area contributed by atoms with Crippen LogP contribution in [0.1, 0.15) is 0 Å². The van der Waals surface area contributed by atoms with Gasteiger partial charge in [0.2, 0.25) is 0 Å². The van der Waals surface area contributed by atoms with Crippen molar-refractivity contribution in [2.45, 2.75) is 0 Å². The van der Waals surface area contributed by atoms with Gasteiger partial charge in [0.15, 0.2) is 0 Å². The average molecular weight is 374 g/mol. The van der Waals surface area contributed by atoms with Gasteiger partial charge in [-0.25, -0.2) is 4.57 Å². The third kappa shape index (κ3) is 92.1. The van der Waals surface area contributed by atoms with Crippen LogP contribution in [0.3, 0.4) is 0 Å². The first-order valence-electron chi connectivity index (χ1n) is 0.783. The van der Waals surface area contributed by atoms with Crippen LogP contribution in [-0.4, -0.2) is 59.7 Å². The zero-order valence-electron chi connectivity index (χ0n) is 3.26. The molecule has 0 radical (unpaired) electrons. The normalized spacial score (nSPS) is 7.38. The van der Waals surface area contributed by atoms with Crippen molar-refractivity contribution in [2.75, 3.05) is 0 Å². The predicted octanol–water partition coefficient (Wildman–Crippen LogP) is -2.76. The molecule has 0 aromatic heterocycles. The number of rotatable bonds is 0. The first kappa shape index (κ1) is 22.5. The molecule has 0 aromatic rings. The molecule has 8 heteroatoms. The Morgan fingerprint density at radius 2 is 1.12 bits per heavy atom. The Balaban J connectivity index is -0.0000000267. The standard InChI is InChI=1S/Bi.Fe.Li.H3O4P.4H/c;;;1-5(2,3)4;;;;/h;;;(H3,1,2,3,4);;;;. The Bertz CT molecular complexity index is 62.2. The van der Waals surface area contributed by atoms with E-state index in [4.69, 9.17) is 19.2 Å². The second kappa shape index (κ2) is 9.11. The molecule has 0 aliphatic heterocycles. The summed E-state index contributed by atoms with van der Waals surface area (Å²) in [7, 11) is -4.64. The van der Waals surface area contributed by atoms with E-state index in [2.05, 4.69) is 0 Å². The summed E-state index contributed by atoms with van der Waals surface area (Å²) in [5.74, 6) is 0. The second-order valence-corrected chi connectivity index (χ2v) is 1.54. The fraction of sp³-hybridized carbons (Fsp3) is 0. The van der Waals surface area contributed by atoms with Crippen LogP contribution in [-0.2, 0) is 21.6 Å². The molecule has 0 fully saturated rings. The minimum atomic E-state index is -4.64. The fourth-order valence-electron chi connectivity index (χ4n) is 0. The van der Waals surface area contributed by atoms with E-state index in [0.717, 1.165) is 0 Å². The Labute approximate surface area is 88.4 Å². The second-order valence-electron chi connectivity index (χ2n) is 0.513. The quantitative estimate of drug-likeness (QED) is 0.317. The predicted molar refractivity (Wildman–Crippen MR) is 31.4 cm³/mol. The van der Waals surface area contributed by atoms with Gasteiger partial charge in [-0.1, -0.05) is 0 Å². The van der Waals surface area contributed by atoms with Gasteiger partial charge in [-0.2, -0.15) is 0 Å². The molecule has 0 aromatic carbocycles. The van der Waals surface area contributed by atoms with Crippen LogP contribution in [0.25, 0.3) is 0 Å². The average Bonchev–Trinajstić information content (AvgIpc) is 0.722. The molecule has 0 spiro atoms. The maximum absolute atomic E-state index is 8.88. The molecule has 0 saturated heterocycles. The summed E-state index contributed by atoms with van der Waals surface area (Å²) < 4.78 is 8.88. The molecule has 0 aliphatic rings. The third-order valence-electron chi connectivity index (χ3n) is 0. The van der Waals surface area contributed by atoms with Crippen LogP contribution in [0.15, 0.2) is 0 Å². The number of hydrogen-bond donors (Lipinski definition) is 3. The van der Waals surface area contributed by atoms with Gasteiger partial charge in [0.25, 0.3) is 0 Å². The van der Waals surface area contributed by atoms with Gasteiger partial charge < -0.3 is 14.7 Å². The van der Waals surface area contributed by atoms with Crippen molar-refractivity contribution < 1.29 is 36.3 Å². The molecule has 0 bridgehead atoms. The zero-order valence-corrected chi connectivity index (χ0v) is 10.8. The number of hydrogen-bond acceptors (Lipinski definition) is 1. The van der Waals surface area contributed by atoms with Gasteiger partial charge in [0.1, 0.15) is 0 Å². The van der Waals surface area contributed by atoms with Gasteiger partial charge >= 0.3 is 52.9 Å². The summed E-state index contributed by atoms with van der Waals surface area (Å²) in [5, 5.41) is 0. The van der Waals surface area contributed by atoms with E-state index in [9.17, 15) is 0 Å². The Morgan fingerprint density at radius 3 is 1.12 bits per heavy atom. The van der Waals surface area contributed by atoms with E-state index in [1.165, 1.54) is 0 Å². The maximum atomic E-state index is 8.88. The summed E-state index contributed by atoms with van der Waals surface area (Å²) in [6, 6.07) is 0. The van der Waals surface area contributed by atoms with Crippen molar-refractivity contribution in [1.29, 1.82) is 0 Å². The van der Waals surface area contributed by atoms with Crippen molar-refractivity contribution >= 4 is 52.9 Å². The van der Waals surface area contributed by atoms with Crippen LogP contribution in [0, 0.1) is 0 Å². The van der Waals surface area contributed by atoms with Crippen LogP contribution in [0.4, 0.5) is 0 Å². The Morgan fingerprint density at radius 1 is 1.12 bits per heavy atom. The fourth-order valence-corrected chi connectivity index (χ4v) is 0. The summed E-state index contributed by atoms with van der Waals surface area (Å²) in [4.78, 5) is 21.6. The van der Waals surface area contributed by atoms with Gasteiger partial charge in [-0.15, -0.1) is 0 Å². The van der Waals surface area contributed by atoms with E-state index in [-0.39, 0.29) is 62.1 Å². The van der Waals surface area contributed by atoms with Gasteiger partial charge in [0, 0.05) is 17.1 Å². The molecule has 8 heavy (non-hydrogen) atoms. The molecular weight excluding hydrogens is 367 g/mol. The summed E-state index contributed by atoms with van der Waals surface area (Å²) in [6.07, 6.45) is 0. The molecule has 4 nitrogen and oxygen atoms in total. The topological polar surface area (TPSA) is 77.8 Å². The molecule has 50 valence electrons. The van der Waals surface area contributed by atoms with Gasteiger partial charge in [-0.05, 0) is 0 Å². The minimum absolute atomic E-state index is 0. The monoisotopic (exact) mass is 374 g/mol. The first-order valence-corrected chi connectivity index (χ1v) is 2.35. The van der Waals surface area contributed by atoms with Gasteiger partial charge in [0.05, 0.1) is 0 Å². The molecule has 3 N–H and O–H groups in total. The van der Waals surface area contributed by atoms with Gasteiger partial charge in [-0.3, -0.25) is 0 Å². The molecule has 0 saturated carbocycles. The van der Waals surface area contributed by atoms with Crippen LogP contribution < -0.4 is 0 Å². The van der Waals surface area contributed by atoms with E-state index < -0.39 is 7.82 Å². The Hall–Kier alpha value is 2.11. The zero-order chi connectivity index (χ0) is 4.50. The summed E-state index contributed by atoms with van der Waals surface area (Å²) in [5.41, 5.74) is 0. The van der Waals surface area contributed by atoms with Crippen LogP contribution in [0.2, 0.25) is 0 Å². The molecule has 0 aliphatic carbocycles. The van der Waals surface area contributed by atoms with E-state index >= 15 is 0 Å². The van der Waals surface area contributed by atoms with E-state index in [0.29, 0.717) is 0 Å². The van der Waals surface area contributed by atoms with E-state index in [1.807, 2.05) is 0 Å². The molecule has 0 atom stereocenters. The summed E-state index contributed by atoms with van der Waals surface area (Å²) >= 11 is 0.